The molecule has 134 valence electrons. The molecule has 0 unspecified atom stereocenters. The molecule has 1 saturated heterocycles. The molecule has 0 atom stereocenters. The summed E-state index contributed by atoms with van der Waals surface area (Å²) in [7, 11) is 0. The lowest BCUT2D eigenvalue weighted by molar-refractivity contribution is 0.0342. The van der Waals surface area contributed by atoms with E-state index in [1.807, 2.05) is 24.3 Å². The van der Waals surface area contributed by atoms with Gasteiger partial charge in [0.25, 0.3) is 5.91 Å². The largest absolute Gasteiger partial charge is 0.379 e. The van der Waals surface area contributed by atoms with Crippen molar-refractivity contribution in [1.82, 2.24) is 15.1 Å². The van der Waals surface area contributed by atoms with E-state index in [-0.39, 0.29) is 5.91 Å². The van der Waals surface area contributed by atoms with E-state index < -0.39 is 0 Å². The summed E-state index contributed by atoms with van der Waals surface area (Å²) in [6.07, 6.45) is 0. The van der Waals surface area contributed by atoms with Crippen molar-refractivity contribution >= 4 is 34.1 Å². The summed E-state index contributed by atoms with van der Waals surface area (Å²) in [6, 6.07) is 7.72. The molecule has 0 aliphatic carbocycles. The van der Waals surface area contributed by atoms with Crippen molar-refractivity contribution in [2.45, 2.75) is 30.0 Å². The molecule has 0 radical (unpaired) electrons. The summed E-state index contributed by atoms with van der Waals surface area (Å²) in [5, 5.41) is 11.9. The summed E-state index contributed by atoms with van der Waals surface area (Å²) in [5.41, 5.74) is 1.82. The zero-order chi connectivity index (χ0) is 17.6. The minimum atomic E-state index is -0.157. The van der Waals surface area contributed by atoms with Gasteiger partial charge in [0.1, 0.15) is 0 Å². The number of hydrogen-bond acceptors (Lipinski definition) is 7. The molecular formula is C17H22N4O2S2. The molecular weight excluding hydrogens is 356 g/mol. The highest BCUT2D eigenvalue weighted by molar-refractivity contribution is 8.01. The highest BCUT2D eigenvalue weighted by atomic mass is 32.2. The van der Waals surface area contributed by atoms with Gasteiger partial charge < -0.3 is 4.74 Å². The fraction of sp³-hybridized carbons (Fsp3) is 0.471. The smallest absolute Gasteiger partial charge is 0.257 e. The number of morpholine rings is 1. The average Bonchev–Trinajstić information content (AvgIpc) is 3.02. The van der Waals surface area contributed by atoms with Crippen LogP contribution in [-0.2, 0) is 11.3 Å². The Bertz CT molecular complexity index is 697. The van der Waals surface area contributed by atoms with E-state index in [9.17, 15) is 4.79 Å². The number of ether oxygens (including phenoxy) is 1. The fourth-order valence-corrected chi connectivity index (χ4v) is 4.43. The standard InChI is InChI=1S/C17H22N4O2S2/c1-12(2)24-17-20-19-16(25-17)18-15(22)14-5-3-13(4-6-14)11-21-7-9-23-10-8-21/h3-6,12H,7-11H2,1-2H3,(H,18,19,22). The van der Waals surface area contributed by atoms with Gasteiger partial charge in [-0.05, 0) is 17.7 Å². The molecule has 0 saturated carbocycles. The SMILES string of the molecule is CC(C)Sc1nnc(NC(=O)c2ccc(CN3CCOCC3)cc2)s1. The number of thioether (sulfide) groups is 1. The van der Waals surface area contributed by atoms with Crippen molar-refractivity contribution in [3.8, 4) is 0 Å². The molecule has 1 aromatic heterocycles. The van der Waals surface area contributed by atoms with Crippen LogP contribution in [0.1, 0.15) is 29.8 Å². The number of amides is 1. The second-order valence-electron chi connectivity index (χ2n) is 6.08. The van der Waals surface area contributed by atoms with E-state index >= 15 is 0 Å². The maximum Gasteiger partial charge on any atom is 0.257 e. The number of anilines is 1. The molecule has 8 heteroatoms. The highest BCUT2D eigenvalue weighted by Gasteiger charge is 2.13. The Balaban J connectivity index is 1.55. The number of nitrogens with one attached hydrogen (secondary N) is 1. The monoisotopic (exact) mass is 378 g/mol. The first-order chi connectivity index (χ1) is 12.1. The van der Waals surface area contributed by atoms with Gasteiger partial charge in [0.05, 0.1) is 13.2 Å². The number of carbonyl (C=O) groups excluding carboxylic acids is 1. The first-order valence-electron chi connectivity index (χ1n) is 8.31. The van der Waals surface area contributed by atoms with Crippen molar-refractivity contribution in [2.24, 2.45) is 0 Å². The number of rotatable bonds is 6. The molecule has 6 nitrogen and oxygen atoms in total. The molecule has 1 fully saturated rings. The van der Waals surface area contributed by atoms with Gasteiger partial charge >= 0.3 is 0 Å². The Labute approximate surface area is 156 Å². The van der Waals surface area contributed by atoms with E-state index in [0.717, 1.165) is 37.2 Å². The van der Waals surface area contributed by atoms with E-state index in [4.69, 9.17) is 4.74 Å². The zero-order valence-electron chi connectivity index (χ0n) is 14.4. The first-order valence-corrected chi connectivity index (χ1v) is 10.0. The highest BCUT2D eigenvalue weighted by Crippen LogP contribution is 2.28. The summed E-state index contributed by atoms with van der Waals surface area (Å²) < 4.78 is 6.23. The Hall–Kier alpha value is -1.48. The normalized spacial score (nSPS) is 15.5. The van der Waals surface area contributed by atoms with Crippen LogP contribution >= 0.6 is 23.1 Å². The number of benzene rings is 1. The fourth-order valence-electron chi connectivity index (χ4n) is 2.46. The van der Waals surface area contributed by atoms with Gasteiger partial charge in [-0.25, -0.2) is 0 Å². The molecule has 2 aromatic rings. The van der Waals surface area contributed by atoms with Crippen LogP contribution in [0.4, 0.5) is 5.13 Å². The Morgan fingerprint density at radius 3 is 2.68 bits per heavy atom. The van der Waals surface area contributed by atoms with E-state index in [1.54, 1.807) is 11.8 Å². The summed E-state index contributed by atoms with van der Waals surface area (Å²) in [4.78, 5) is 14.7. The van der Waals surface area contributed by atoms with Gasteiger partial charge in [-0.1, -0.05) is 49.1 Å². The molecule has 25 heavy (non-hydrogen) atoms. The van der Waals surface area contributed by atoms with Gasteiger partial charge in [-0.3, -0.25) is 15.0 Å². The van der Waals surface area contributed by atoms with Crippen LogP contribution in [0.25, 0.3) is 0 Å². The average molecular weight is 379 g/mol. The molecule has 2 heterocycles. The van der Waals surface area contributed by atoms with Gasteiger partial charge in [-0.2, -0.15) is 0 Å². The molecule has 1 aliphatic heterocycles. The summed E-state index contributed by atoms with van der Waals surface area (Å²) >= 11 is 3.04. The molecule has 0 bridgehead atoms. The predicted octanol–water partition coefficient (Wildman–Crippen LogP) is 3.12. The zero-order valence-corrected chi connectivity index (χ0v) is 16.0. The number of carbonyl (C=O) groups is 1. The van der Waals surface area contributed by atoms with Crippen LogP contribution in [-0.4, -0.2) is 52.6 Å². The summed E-state index contributed by atoms with van der Waals surface area (Å²) in [5.74, 6) is -0.157. The summed E-state index contributed by atoms with van der Waals surface area (Å²) in [6.45, 7) is 8.58. The van der Waals surface area contributed by atoms with Crippen molar-refractivity contribution in [1.29, 1.82) is 0 Å². The van der Waals surface area contributed by atoms with Gasteiger partial charge in [0, 0.05) is 30.4 Å². The Morgan fingerprint density at radius 2 is 2.00 bits per heavy atom. The van der Waals surface area contributed by atoms with E-state index in [0.29, 0.717) is 15.9 Å². The van der Waals surface area contributed by atoms with Crippen LogP contribution in [0.5, 0.6) is 0 Å². The molecule has 1 aliphatic rings. The predicted molar refractivity (Wildman–Crippen MR) is 101 cm³/mol. The minimum absolute atomic E-state index is 0.157. The lowest BCUT2D eigenvalue weighted by Gasteiger charge is -2.26. The molecule has 3 rings (SSSR count). The van der Waals surface area contributed by atoms with Crippen molar-refractivity contribution in [2.75, 3.05) is 31.6 Å². The van der Waals surface area contributed by atoms with Gasteiger partial charge in [0.15, 0.2) is 4.34 Å². The molecule has 1 aromatic carbocycles. The maximum absolute atomic E-state index is 12.3. The van der Waals surface area contributed by atoms with Crippen LogP contribution in [0, 0.1) is 0 Å². The maximum atomic E-state index is 12.3. The minimum Gasteiger partial charge on any atom is -0.379 e. The molecule has 1 N–H and O–H groups in total. The Morgan fingerprint density at radius 1 is 1.28 bits per heavy atom. The van der Waals surface area contributed by atoms with Crippen LogP contribution < -0.4 is 5.32 Å². The van der Waals surface area contributed by atoms with Crippen molar-refractivity contribution in [3.63, 3.8) is 0 Å². The lowest BCUT2D eigenvalue weighted by atomic mass is 10.1. The van der Waals surface area contributed by atoms with E-state index in [1.165, 1.54) is 16.9 Å². The third-order valence-electron chi connectivity index (χ3n) is 3.69. The second-order valence-corrected chi connectivity index (χ2v) is 8.88. The van der Waals surface area contributed by atoms with Crippen LogP contribution in [0.2, 0.25) is 0 Å². The third kappa shape index (κ3) is 5.50. The number of hydrogen-bond donors (Lipinski definition) is 1. The molecule has 0 spiro atoms. The second kappa shape index (κ2) is 8.75. The van der Waals surface area contributed by atoms with Gasteiger partial charge in [-0.15, -0.1) is 10.2 Å². The third-order valence-corrected chi connectivity index (χ3v) is 5.62. The number of nitrogens with zero attached hydrogens (tertiary/aromatic N) is 3. The topological polar surface area (TPSA) is 67.4 Å². The van der Waals surface area contributed by atoms with Crippen molar-refractivity contribution in [3.05, 3.63) is 35.4 Å². The Kier molecular flexibility index (Phi) is 6.41. The van der Waals surface area contributed by atoms with E-state index in [2.05, 4.69) is 34.3 Å². The van der Waals surface area contributed by atoms with Crippen molar-refractivity contribution < 1.29 is 9.53 Å². The quantitative estimate of drug-likeness (QED) is 0.615. The van der Waals surface area contributed by atoms with Gasteiger partial charge in [0.2, 0.25) is 5.13 Å². The van der Waals surface area contributed by atoms with Crippen LogP contribution in [0.15, 0.2) is 28.6 Å². The van der Waals surface area contributed by atoms with Crippen LogP contribution in [0.3, 0.4) is 0 Å². The number of aromatic nitrogens is 2. The first kappa shape index (κ1) is 18.3. The lowest BCUT2D eigenvalue weighted by Crippen LogP contribution is -2.35. The molecule has 1 amide bonds.